The van der Waals surface area contributed by atoms with Crippen molar-refractivity contribution in [3.63, 3.8) is 0 Å². The summed E-state index contributed by atoms with van der Waals surface area (Å²) in [6, 6.07) is -0.315. The molecule has 39 heavy (non-hydrogen) atoms. The number of allylic oxidation sites excluding steroid dienone is 6. The first-order chi connectivity index (χ1) is 19.7. The average Bonchev–Trinajstić information content (AvgIpc) is 3.50. The molecule has 5 aliphatic heterocycles. The van der Waals surface area contributed by atoms with Crippen LogP contribution in [0.5, 0.6) is 0 Å². The Labute approximate surface area is 259 Å². The van der Waals surface area contributed by atoms with E-state index in [0.29, 0.717) is 23.5 Å². The third-order valence-electron chi connectivity index (χ3n) is 9.36. The van der Waals surface area contributed by atoms with Crippen molar-refractivity contribution in [2.75, 3.05) is 13.1 Å². The van der Waals surface area contributed by atoms with Crippen LogP contribution in [0.2, 0.25) is 0 Å². The largest absolute Gasteiger partial charge is 0.769 e. The second-order valence-electron chi connectivity index (χ2n) is 12.0. The van der Waals surface area contributed by atoms with Crippen molar-refractivity contribution in [3.8, 4) is 0 Å². The van der Waals surface area contributed by atoms with Gasteiger partial charge < -0.3 is 21.1 Å². The summed E-state index contributed by atoms with van der Waals surface area (Å²) in [5.74, 6) is 2.63. The molecule has 6 heteroatoms. The van der Waals surface area contributed by atoms with E-state index >= 15 is 0 Å². The quantitative estimate of drug-likeness (QED) is 0.292. The van der Waals surface area contributed by atoms with Crippen LogP contribution in [0.4, 0.5) is 0 Å². The molecule has 217 valence electrons. The maximum absolute atomic E-state index is 7.77. The molecule has 2 saturated heterocycles. The number of fused-ring (bicyclic) bond motifs is 4. The number of nitrogens with one attached hydrogen (secondary N) is 1. The molecule has 3 unspecified atom stereocenters. The zero-order chi connectivity index (χ0) is 28.7. The van der Waals surface area contributed by atoms with E-state index < -0.39 is 12.9 Å². The van der Waals surface area contributed by atoms with Crippen LogP contribution in [-0.2, 0) is 24.8 Å². The number of hydrogen-bond donors (Lipinski definition) is 1. The van der Waals surface area contributed by atoms with Gasteiger partial charge in [-0.1, -0.05) is 44.9 Å². The van der Waals surface area contributed by atoms with Crippen molar-refractivity contribution >= 4 is 11.8 Å². The smallest absolute Gasteiger partial charge is 0.131 e. The van der Waals surface area contributed by atoms with Crippen molar-refractivity contribution in [1.29, 1.82) is 0 Å². The van der Waals surface area contributed by atoms with Crippen LogP contribution in [0.15, 0.2) is 50.8 Å². The number of piperidine rings is 1. The molecule has 2 fully saturated rings. The summed E-state index contributed by atoms with van der Waals surface area (Å²) in [4.78, 5) is 1.40. The van der Waals surface area contributed by atoms with Crippen LogP contribution in [0.1, 0.15) is 89.5 Å². The predicted octanol–water partition coefficient (Wildman–Crippen LogP) is 8.28. The van der Waals surface area contributed by atoms with E-state index in [1.54, 1.807) is 0 Å². The number of hydrogen-bond acceptors (Lipinski definition) is 3. The van der Waals surface area contributed by atoms with Crippen LogP contribution in [0.25, 0.3) is 10.6 Å². The number of thioether (sulfide) groups is 1. The van der Waals surface area contributed by atoms with Crippen LogP contribution < -0.4 is 5.32 Å². The normalized spacial score (nSPS) is 38.7. The molecule has 0 amide bonds. The molecule has 7 atom stereocenters. The Morgan fingerprint density at radius 3 is 2.87 bits per heavy atom. The number of nitrogens with zero attached hydrogens (tertiary/aromatic N) is 2. The fraction of sp³-hybridized carbons (Fsp3) is 0.667. The van der Waals surface area contributed by atoms with Gasteiger partial charge in [0.2, 0.25) is 0 Å². The van der Waals surface area contributed by atoms with Gasteiger partial charge in [-0.2, -0.15) is 11.6 Å². The van der Waals surface area contributed by atoms with E-state index in [4.69, 9.17) is 14.2 Å². The minimum atomic E-state index is -1.97. The average molecular weight is 727 g/mol. The van der Waals surface area contributed by atoms with E-state index in [1.807, 2.05) is 11.8 Å². The molecule has 4 nitrogen and oxygen atoms in total. The summed E-state index contributed by atoms with van der Waals surface area (Å²) in [6.45, 7) is 6.50. The van der Waals surface area contributed by atoms with Crippen molar-refractivity contribution in [3.05, 3.63) is 73.9 Å². The maximum atomic E-state index is 7.77. The Balaban J connectivity index is 0.000000212. The zero-order valence-corrected chi connectivity index (χ0v) is 26.8. The summed E-state index contributed by atoms with van der Waals surface area (Å²) in [5, 5.41) is 13.3. The molecular weight excluding hydrogens is 679 g/mol. The van der Waals surface area contributed by atoms with Gasteiger partial charge in [0.25, 0.3) is 0 Å². The number of ether oxygens (including phenoxy) is 1. The van der Waals surface area contributed by atoms with Crippen molar-refractivity contribution < 1.29 is 29.0 Å². The molecule has 0 bridgehead atoms. The van der Waals surface area contributed by atoms with Gasteiger partial charge in [0, 0.05) is 41.4 Å². The first kappa shape index (κ1) is 25.8. The van der Waals surface area contributed by atoms with Gasteiger partial charge in [0.05, 0.1) is 0 Å². The third-order valence-corrected chi connectivity index (χ3v) is 10.8. The van der Waals surface area contributed by atoms with Crippen LogP contribution in [0.3, 0.4) is 0 Å². The minimum Gasteiger partial charge on any atom is -0.769 e. The van der Waals surface area contributed by atoms with E-state index in [0.717, 1.165) is 50.4 Å². The van der Waals surface area contributed by atoms with Gasteiger partial charge in [-0.3, -0.25) is 11.4 Å². The Morgan fingerprint density at radius 1 is 1.21 bits per heavy atom. The van der Waals surface area contributed by atoms with Crippen LogP contribution in [-0.4, -0.2) is 36.7 Å². The molecule has 0 spiro atoms. The van der Waals surface area contributed by atoms with E-state index in [9.17, 15) is 0 Å². The van der Waals surface area contributed by atoms with Gasteiger partial charge in [-0.15, -0.1) is 49.8 Å². The van der Waals surface area contributed by atoms with Crippen molar-refractivity contribution in [1.82, 2.24) is 5.32 Å². The summed E-state index contributed by atoms with van der Waals surface area (Å²) >= 11 is 1.94. The zero-order valence-electron chi connectivity index (χ0n) is 26.6. The molecule has 1 radical (unpaired) electrons. The van der Waals surface area contributed by atoms with Gasteiger partial charge in [0.1, 0.15) is 6.23 Å². The van der Waals surface area contributed by atoms with Crippen LogP contribution >= 0.6 is 11.8 Å². The molecule has 5 heterocycles. The Bertz CT molecular complexity index is 1180. The van der Waals surface area contributed by atoms with Crippen molar-refractivity contribution in [2.45, 2.75) is 109 Å². The molecule has 0 aromatic carbocycles. The summed E-state index contributed by atoms with van der Waals surface area (Å²) in [5.41, 5.74) is 6.76. The molecule has 7 aliphatic rings. The van der Waals surface area contributed by atoms with Crippen molar-refractivity contribution in [2.24, 2.45) is 17.8 Å². The molecule has 0 aromatic heterocycles. The van der Waals surface area contributed by atoms with E-state index in [2.05, 4.69) is 56.1 Å². The van der Waals surface area contributed by atoms with E-state index in [-0.39, 0.29) is 32.4 Å². The number of rotatable bonds is 2. The minimum absolute atomic E-state index is 0. The molecule has 1 N–H and O–H groups in total. The Kier molecular flexibility index (Phi) is 8.55. The topological polar surface area (TPSA) is 49.5 Å². The van der Waals surface area contributed by atoms with Gasteiger partial charge >= 0.3 is 0 Å². The standard InChI is InChI=1S/C21H28N2OS.C12H17N.Ir/c1-11-7-8-16-15-5-4-6-17(19(15)24-21(16)23-11)18-20-14(9-10-22-18)12(2)13(3)25-20;1-10-7-8-12(13-9-10)11-5-3-2-4-6-11;/h6,9,11,15-16,18,20-21,23H,4-5,7-8,10H2,1-3H3;8,10H,2-5,7,9H2,1H3;/q2*-2;/t11-,15+,16?,18?,20+,21?;10-;/m10./s1/i1D3;;. The predicted molar refractivity (Wildman–Crippen MR) is 159 cm³/mol. The molecule has 2 aliphatic carbocycles. The summed E-state index contributed by atoms with van der Waals surface area (Å²) in [7, 11) is 0. The maximum Gasteiger partial charge on any atom is 0.131 e. The monoisotopic (exact) mass is 727 g/mol. The molecular formula is C33H45IrN3OS-4. The second kappa shape index (κ2) is 12.9. The Hall–Kier alpha value is -0.911. The van der Waals surface area contributed by atoms with Gasteiger partial charge in [-0.25, -0.2) is 12.0 Å². The third kappa shape index (κ3) is 6.16. The SMILES string of the molecule is C[C@H]1CC=C(C2=[C-]CCCC2)[N-]C1.[2H]C([2H])([2H])[C@@H]1CCC2C(N1)OC1=C(C3[N-]CC=C4C(C)=C(C)S[C@@H]43)[CH-]CC[C@H]12.[Ir]. The second-order valence-corrected chi connectivity index (χ2v) is 13.4. The Morgan fingerprint density at radius 2 is 2.10 bits per heavy atom. The van der Waals surface area contributed by atoms with Gasteiger partial charge in [-0.05, 0) is 61.3 Å². The van der Waals surface area contributed by atoms with Crippen LogP contribution in [0, 0.1) is 30.3 Å². The molecule has 0 aromatic rings. The summed E-state index contributed by atoms with van der Waals surface area (Å²) < 4.78 is 29.7. The first-order valence-corrected chi connectivity index (χ1v) is 15.8. The van der Waals surface area contributed by atoms with E-state index in [1.165, 1.54) is 58.6 Å². The first-order valence-electron chi connectivity index (χ1n) is 16.4. The fourth-order valence-corrected chi connectivity index (χ4v) is 8.50. The van der Waals surface area contributed by atoms with Gasteiger partial charge in [0.15, 0.2) is 0 Å². The summed E-state index contributed by atoms with van der Waals surface area (Å²) in [6.07, 6.45) is 20.2. The fourth-order valence-electron chi connectivity index (χ4n) is 7.06. The molecule has 0 saturated carbocycles. The molecule has 7 rings (SSSR count).